The highest BCUT2D eigenvalue weighted by molar-refractivity contribution is 6.32. The zero-order valence-corrected chi connectivity index (χ0v) is 21.2. The summed E-state index contributed by atoms with van der Waals surface area (Å²) < 4.78 is 50.4. The lowest BCUT2D eigenvalue weighted by molar-refractivity contribution is -0.139. The number of amides is 1. The van der Waals surface area contributed by atoms with Crippen LogP contribution in [-0.4, -0.2) is 33.8 Å². The lowest BCUT2D eigenvalue weighted by Crippen LogP contribution is -2.20. The molecule has 1 atom stereocenters. The van der Waals surface area contributed by atoms with E-state index in [0.717, 1.165) is 12.1 Å². The molecule has 3 aromatic carbocycles. The van der Waals surface area contributed by atoms with Crippen LogP contribution in [0.15, 0.2) is 72.8 Å². The normalized spacial score (nSPS) is 14.6. The van der Waals surface area contributed by atoms with Crippen LogP contribution in [0.2, 0.25) is 5.02 Å². The Morgan fingerprint density at radius 1 is 1.02 bits per heavy atom. The van der Waals surface area contributed by atoms with Crippen molar-refractivity contribution in [2.75, 3.05) is 11.9 Å². The maximum absolute atomic E-state index is 13.0. The van der Waals surface area contributed by atoms with E-state index in [9.17, 15) is 27.9 Å². The van der Waals surface area contributed by atoms with E-state index in [1.165, 1.54) is 48.5 Å². The van der Waals surface area contributed by atoms with Crippen LogP contribution in [0.5, 0.6) is 17.2 Å². The molecule has 1 aliphatic rings. The third kappa shape index (κ3) is 5.84. The van der Waals surface area contributed by atoms with Crippen LogP contribution in [0.1, 0.15) is 33.8 Å². The lowest BCUT2D eigenvalue weighted by Gasteiger charge is -2.24. The minimum atomic E-state index is -4.48. The maximum Gasteiger partial charge on any atom is 0.416 e. The number of aliphatic carboxylic acids is 1. The minimum Gasteiger partial charge on any atom is -0.493 e. The first-order valence-electron chi connectivity index (χ1n) is 11.9. The summed E-state index contributed by atoms with van der Waals surface area (Å²) in [5.74, 6) is -1.03. The number of benzene rings is 3. The standard InChI is InChI=1S/C28H19ClF3N3O5/c29-21-13-20-19(27(37)38)10-11-39-23(20)14-24(21)40-18-6-4-15(5-7-18)26(36)33-25-9-8-22(34-35-25)16-2-1-3-17(12-16)28(30,31)32/h1-9,12-14,19H,10-11H2,(H,37,38)(H,33,35,36). The number of carboxylic acids is 1. The molecule has 0 radical (unpaired) electrons. The summed E-state index contributed by atoms with van der Waals surface area (Å²) in [5.41, 5.74) is 0.415. The number of nitrogens with one attached hydrogen (secondary N) is 1. The number of hydrogen-bond donors (Lipinski definition) is 2. The van der Waals surface area contributed by atoms with Gasteiger partial charge in [-0.2, -0.15) is 13.2 Å². The topological polar surface area (TPSA) is 111 Å². The zero-order valence-electron chi connectivity index (χ0n) is 20.4. The molecule has 1 aromatic heterocycles. The molecule has 8 nitrogen and oxygen atoms in total. The van der Waals surface area contributed by atoms with Gasteiger partial charge in [-0.1, -0.05) is 23.7 Å². The van der Waals surface area contributed by atoms with E-state index < -0.39 is 29.5 Å². The highest BCUT2D eigenvalue weighted by Crippen LogP contribution is 2.42. The molecule has 0 aliphatic carbocycles. The maximum atomic E-state index is 13.0. The van der Waals surface area contributed by atoms with Crippen LogP contribution in [0, 0.1) is 0 Å². The number of carbonyl (C=O) groups is 2. The number of aromatic nitrogens is 2. The van der Waals surface area contributed by atoms with Gasteiger partial charge >= 0.3 is 12.1 Å². The molecule has 1 amide bonds. The molecule has 1 aliphatic heterocycles. The summed E-state index contributed by atoms with van der Waals surface area (Å²) in [6.45, 7) is 0.257. The SMILES string of the molecule is O=C(Nc1ccc(-c2cccc(C(F)(F)F)c2)nn1)c1ccc(Oc2cc3c(cc2Cl)C(C(=O)O)CCO3)cc1. The van der Waals surface area contributed by atoms with Crippen molar-refractivity contribution in [3.8, 4) is 28.5 Å². The second kappa shape index (κ2) is 10.9. The molecule has 0 fully saturated rings. The molecule has 12 heteroatoms. The Balaban J connectivity index is 1.24. The van der Waals surface area contributed by atoms with Crippen molar-refractivity contribution >= 4 is 29.3 Å². The summed E-state index contributed by atoms with van der Waals surface area (Å²) in [4.78, 5) is 24.2. The Hall–Kier alpha value is -4.64. The van der Waals surface area contributed by atoms with Crippen molar-refractivity contribution < 1.29 is 37.3 Å². The van der Waals surface area contributed by atoms with Crippen molar-refractivity contribution in [1.29, 1.82) is 0 Å². The third-order valence-electron chi connectivity index (χ3n) is 6.14. The number of carboxylic acid groups (broad SMARTS) is 1. The molecule has 0 saturated heterocycles. The molecule has 4 aromatic rings. The summed E-state index contributed by atoms with van der Waals surface area (Å²) in [6.07, 6.45) is -4.14. The number of carbonyl (C=O) groups excluding carboxylic acids is 1. The van der Waals surface area contributed by atoms with Crippen molar-refractivity contribution in [2.24, 2.45) is 0 Å². The quantitative estimate of drug-likeness (QED) is 0.262. The molecular weight excluding hydrogens is 551 g/mol. The van der Waals surface area contributed by atoms with Gasteiger partial charge in [0, 0.05) is 22.8 Å². The Morgan fingerprint density at radius 2 is 1.80 bits per heavy atom. The molecule has 0 spiro atoms. The average molecular weight is 570 g/mol. The fourth-order valence-electron chi connectivity index (χ4n) is 4.12. The number of ether oxygens (including phenoxy) is 2. The zero-order chi connectivity index (χ0) is 28.4. The fourth-order valence-corrected chi connectivity index (χ4v) is 4.33. The molecular formula is C28H19ClF3N3O5. The van der Waals surface area contributed by atoms with E-state index in [1.54, 1.807) is 12.1 Å². The van der Waals surface area contributed by atoms with Gasteiger partial charge in [0.1, 0.15) is 17.2 Å². The molecule has 204 valence electrons. The van der Waals surface area contributed by atoms with Crippen molar-refractivity contribution in [3.05, 3.63) is 94.5 Å². The highest BCUT2D eigenvalue weighted by atomic mass is 35.5. The molecule has 2 N–H and O–H groups in total. The minimum absolute atomic E-state index is 0.113. The Morgan fingerprint density at radius 3 is 2.48 bits per heavy atom. The second-order valence-electron chi connectivity index (χ2n) is 8.81. The molecule has 2 heterocycles. The number of rotatable bonds is 6. The van der Waals surface area contributed by atoms with E-state index in [0.29, 0.717) is 23.5 Å². The lowest BCUT2D eigenvalue weighted by atomic mass is 9.93. The Bertz CT molecular complexity index is 1580. The van der Waals surface area contributed by atoms with Gasteiger partial charge in [0.25, 0.3) is 5.91 Å². The highest BCUT2D eigenvalue weighted by Gasteiger charge is 2.31. The molecule has 0 bridgehead atoms. The number of fused-ring (bicyclic) bond motifs is 1. The van der Waals surface area contributed by atoms with Crippen LogP contribution >= 0.6 is 11.6 Å². The molecule has 1 unspecified atom stereocenters. The van der Waals surface area contributed by atoms with Crippen molar-refractivity contribution in [3.63, 3.8) is 0 Å². The van der Waals surface area contributed by atoms with Gasteiger partial charge < -0.3 is 19.9 Å². The van der Waals surface area contributed by atoms with E-state index in [-0.39, 0.29) is 40.0 Å². The first-order valence-corrected chi connectivity index (χ1v) is 12.3. The van der Waals surface area contributed by atoms with Crippen LogP contribution < -0.4 is 14.8 Å². The van der Waals surface area contributed by atoms with Gasteiger partial charge in [0.05, 0.1) is 28.8 Å². The third-order valence-corrected chi connectivity index (χ3v) is 6.43. The predicted molar refractivity (Wildman–Crippen MR) is 139 cm³/mol. The Labute approximate surface area is 230 Å². The van der Waals surface area contributed by atoms with Crippen LogP contribution in [0.3, 0.4) is 0 Å². The van der Waals surface area contributed by atoms with Gasteiger partial charge in [0.15, 0.2) is 5.82 Å². The molecule has 0 saturated carbocycles. The van der Waals surface area contributed by atoms with E-state index in [1.807, 2.05) is 0 Å². The van der Waals surface area contributed by atoms with Gasteiger partial charge in [-0.05, 0) is 61.0 Å². The van der Waals surface area contributed by atoms with Crippen molar-refractivity contribution in [2.45, 2.75) is 18.5 Å². The van der Waals surface area contributed by atoms with Gasteiger partial charge in [-0.15, -0.1) is 10.2 Å². The molecule has 40 heavy (non-hydrogen) atoms. The van der Waals surface area contributed by atoms with E-state index in [2.05, 4.69) is 15.5 Å². The number of halogens is 4. The van der Waals surface area contributed by atoms with Crippen LogP contribution in [0.25, 0.3) is 11.3 Å². The number of nitrogens with zero attached hydrogens (tertiary/aromatic N) is 2. The van der Waals surface area contributed by atoms with E-state index >= 15 is 0 Å². The predicted octanol–water partition coefficient (Wildman–Crippen LogP) is 6.81. The van der Waals surface area contributed by atoms with Gasteiger partial charge in [0.2, 0.25) is 0 Å². The van der Waals surface area contributed by atoms with Crippen LogP contribution in [0.4, 0.5) is 19.0 Å². The molecule has 5 rings (SSSR count). The number of hydrogen-bond acceptors (Lipinski definition) is 6. The number of alkyl halides is 3. The van der Waals surface area contributed by atoms with Crippen LogP contribution in [-0.2, 0) is 11.0 Å². The first kappa shape index (κ1) is 26.9. The average Bonchev–Trinajstić information content (AvgIpc) is 2.93. The van der Waals surface area contributed by atoms with Gasteiger partial charge in [-0.3, -0.25) is 9.59 Å². The summed E-state index contributed by atoms with van der Waals surface area (Å²) in [5, 5.41) is 20.0. The van der Waals surface area contributed by atoms with Crippen molar-refractivity contribution in [1.82, 2.24) is 10.2 Å². The first-order chi connectivity index (χ1) is 19.1. The monoisotopic (exact) mass is 569 g/mol. The number of anilines is 1. The van der Waals surface area contributed by atoms with Gasteiger partial charge in [-0.25, -0.2) is 0 Å². The summed E-state index contributed by atoms with van der Waals surface area (Å²) >= 11 is 6.33. The van der Waals surface area contributed by atoms with E-state index in [4.69, 9.17) is 21.1 Å². The smallest absolute Gasteiger partial charge is 0.416 e. The Kier molecular flexibility index (Phi) is 7.31. The fraction of sp³-hybridized carbons (Fsp3) is 0.143. The second-order valence-corrected chi connectivity index (χ2v) is 9.22. The summed E-state index contributed by atoms with van der Waals surface area (Å²) in [7, 11) is 0. The summed E-state index contributed by atoms with van der Waals surface area (Å²) in [6, 6.07) is 16.8. The largest absolute Gasteiger partial charge is 0.493 e.